The predicted octanol–water partition coefficient (Wildman–Crippen LogP) is 5.04. The number of hydrogen-bond donors (Lipinski definition) is 1. The third-order valence-electron chi connectivity index (χ3n) is 5.96. The maximum Gasteiger partial charge on any atom is 0.254 e. The van der Waals surface area contributed by atoms with Crippen LogP contribution < -0.4 is 10.1 Å². The molecule has 1 atom stereocenters. The number of ether oxygens (including phenoxy) is 1. The van der Waals surface area contributed by atoms with E-state index < -0.39 is 16.6 Å². The fourth-order valence-corrected chi connectivity index (χ4v) is 4.87. The second kappa shape index (κ2) is 10.6. The number of halogens is 1. The van der Waals surface area contributed by atoms with Crippen molar-refractivity contribution in [1.82, 2.24) is 9.88 Å². The average molecular weight is 496 g/mol. The second-order valence-corrected chi connectivity index (χ2v) is 10.2. The number of nitrogens with one attached hydrogen (secondary N) is 1. The molecule has 1 aromatic heterocycles. The van der Waals surface area contributed by atoms with Gasteiger partial charge < -0.3 is 15.0 Å². The molecule has 6 nitrogen and oxygen atoms in total. The van der Waals surface area contributed by atoms with Crippen LogP contribution in [0, 0.1) is 5.82 Å². The van der Waals surface area contributed by atoms with Crippen LogP contribution >= 0.6 is 0 Å². The van der Waals surface area contributed by atoms with E-state index in [-0.39, 0.29) is 10.8 Å². The van der Waals surface area contributed by atoms with Gasteiger partial charge in [0.1, 0.15) is 24.0 Å². The monoisotopic (exact) mass is 495 g/mol. The number of aromatic nitrogens is 1. The van der Waals surface area contributed by atoms with Gasteiger partial charge >= 0.3 is 0 Å². The minimum Gasteiger partial charge on any atom is -0.491 e. The predicted molar refractivity (Wildman–Crippen MR) is 137 cm³/mol. The molecular formula is C27H30FN3O3S. The van der Waals surface area contributed by atoms with Crippen LogP contribution in [-0.2, 0) is 23.8 Å². The van der Waals surface area contributed by atoms with Crippen LogP contribution in [0.4, 0.5) is 10.2 Å². The number of carbonyl (C=O) groups excluding carboxylic acids is 1. The van der Waals surface area contributed by atoms with Gasteiger partial charge in [0.2, 0.25) is 0 Å². The normalized spacial score (nSPS) is 14.2. The van der Waals surface area contributed by atoms with Crippen molar-refractivity contribution < 1.29 is 18.1 Å². The van der Waals surface area contributed by atoms with Crippen molar-refractivity contribution in [1.29, 1.82) is 0 Å². The van der Waals surface area contributed by atoms with Crippen molar-refractivity contribution in [2.75, 3.05) is 24.7 Å². The molecule has 2 heterocycles. The molecule has 8 heteroatoms. The van der Waals surface area contributed by atoms with Crippen molar-refractivity contribution in [3.05, 3.63) is 71.2 Å². The van der Waals surface area contributed by atoms with Gasteiger partial charge in [-0.15, -0.1) is 0 Å². The van der Waals surface area contributed by atoms with Gasteiger partial charge in [0.15, 0.2) is 0 Å². The summed E-state index contributed by atoms with van der Waals surface area (Å²) in [5, 5.41) is 3.28. The van der Waals surface area contributed by atoms with Crippen LogP contribution in [0.25, 0.3) is 11.1 Å². The highest BCUT2D eigenvalue weighted by Crippen LogP contribution is 2.31. The number of nitrogens with zero attached hydrogens (tertiary/aromatic N) is 2. The molecule has 0 radical (unpaired) electrons. The van der Waals surface area contributed by atoms with E-state index in [0.717, 1.165) is 28.3 Å². The third-order valence-corrected chi connectivity index (χ3v) is 6.90. The lowest BCUT2D eigenvalue weighted by Crippen LogP contribution is -2.33. The van der Waals surface area contributed by atoms with Gasteiger partial charge in [0, 0.05) is 47.3 Å². The lowest BCUT2D eigenvalue weighted by Gasteiger charge is -2.22. The first-order valence-corrected chi connectivity index (χ1v) is 13.3. The van der Waals surface area contributed by atoms with E-state index in [2.05, 4.69) is 24.1 Å². The molecule has 1 amide bonds. The quantitative estimate of drug-likeness (QED) is 0.519. The number of benzene rings is 2. The fraction of sp³-hybridized carbons (Fsp3) is 0.333. The minimum absolute atomic E-state index is 0.121. The molecule has 184 valence electrons. The zero-order chi connectivity index (χ0) is 25.1. The molecule has 1 N–H and O–H groups in total. The lowest BCUT2D eigenvalue weighted by molar-refractivity contribution is 0.0731. The summed E-state index contributed by atoms with van der Waals surface area (Å²) < 4.78 is 32.8. The standard InChI is InChI=1S/C27H30FN3O3S/c1-5-21-22(8-10-24(26(21)28)35(4)33)27(32)31-12-13-34-23-9-6-18(14-20(23)16-31)19-7-11-25(29-15-19)30-17(2)3/h6-11,14-15,17H,5,12-13,16H2,1-4H3,(H,29,30). The Bertz CT molecular complexity index is 1260. The first kappa shape index (κ1) is 24.9. The summed E-state index contributed by atoms with van der Waals surface area (Å²) in [5.41, 5.74) is 3.41. The Morgan fingerprint density at radius 1 is 1.20 bits per heavy atom. The summed E-state index contributed by atoms with van der Waals surface area (Å²) in [6.45, 7) is 6.98. The minimum atomic E-state index is -1.47. The summed E-state index contributed by atoms with van der Waals surface area (Å²) in [6, 6.07) is 13.2. The molecule has 0 saturated carbocycles. The molecular weight excluding hydrogens is 465 g/mol. The highest BCUT2D eigenvalue weighted by molar-refractivity contribution is 7.84. The van der Waals surface area contributed by atoms with E-state index in [9.17, 15) is 13.4 Å². The van der Waals surface area contributed by atoms with Crippen LogP contribution in [0.1, 0.15) is 42.3 Å². The van der Waals surface area contributed by atoms with Crippen molar-refractivity contribution in [3.8, 4) is 16.9 Å². The Balaban J connectivity index is 1.62. The molecule has 4 rings (SSSR count). The van der Waals surface area contributed by atoms with Gasteiger partial charge in [-0.25, -0.2) is 9.37 Å². The van der Waals surface area contributed by atoms with Crippen LogP contribution in [0.2, 0.25) is 0 Å². The van der Waals surface area contributed by atoms with Gasteiger partial charge in [-0.1, -0.05) is 13.0 Å². The SMILES string of the molecule is CCc1c(C(=O)N2CCOc3ccc(-c4ccc(NC(C)C)nc4)cc3C2)ccc(S(C)=O)c1F. The van der Waals surface area contributed by atoms with Crippen LogP contribution in [-0.4, -0.2) is 45.4 Å². The highest BCUT2D eigenvalue weighted by Gasteiger charge is 2.25. The van der Waals surface area contributed by atoms with E-state index in [0.29, 0.717) is 43.3 Å². The molecule has 0 aliphatic carbocycles. The zero-order valence-corrected chi connectivity index (χ0v) is 21.2. The van der Waals surface area contributed by atoms with E-state index in [4.69, 9.17) is 4.74 Å². The Morgan fingerprint density at radius 3 is 2.63 bits per heavy atom. The van der Waals surface area contributed by atoms with Crippen LogP contribution in [0.5, 0.6) is 5.75 Å². The molecule has 1 unspecified atom stereocenters. The number of fused-ring (bicyclic) bond motifs is 1. The van der Waals surface area contributed by atoms with Crippen molar-refractivity contribution in [3.63, 3.8) is 0 Å². The van der Waals surface area contributed by atoms with Crippen molar-refractivity contribution in [2.24, 2.45) is 0 Å². The van der Waals surface area contributed by atoms with Crippen LogP contribution in [0.15, 0.2) is 53.6 Å². The molecule has 0 spiro atoms. The van der Waals surface area contributed by atoms with Gasteiger partial charge in [-0.05, 0) is 62.2 Å². The lowest BCUT2D eigenvalue weighted by atomic mass is 10.0. The summed E-state index contributed by atoms with van der Waals surface area (Å²) in [4.78, 5) is 19.8. The van der Waals surface area contributed by atoms with Gasteiger partial charge in [-0.3, -0.25) is 9.00 Å². The first-order valence-electron chi connectivity index (χ1n) is 11.7. The highest BCUT2D eigenvalue weighted by atomic mass is 32.2. The first-order chi connectivity index (χ1) is 16.8. The maximum atomic E-state index is 15.0. The van der Waals surface area contributed by atoms with E-state index in [1.807, 2.05) is 36.5 Å². The van der Waals surface area contributed by atoms with E-state index >= 15 is 0 Å². The smallest absolute Gasteiger partial charge is 0.254 e. The number of rotatable bonds is 6. The molecule has 0 saturated heterocycles. The average Bonchev–Trinajstić information content (AvgIpc) is 3.05. The topological polar surface area (TPSA) is 71.5 Å². The summed E-state index contributed by atoms with van der Waals surface area (Å²) in [7, 11) is -1.47. The number of hydrogen-bond acceptors (Lipinski definition) is 5. The third kappa shape index (κ3) is 5.37. The zero-order valence-electron chi connectivity index (χ0n) is 20.4. The Labute approximate surface area is 208 Å². The number of amides is 1. The maximum absolute atomic E-state index is 15.0. The fourth-order valence-electron chi connectivity index (χ4n) is 4.23. The molecule has 1 aliphatic rings. The number of carbonyl (C=O) groups is 1. The summed E-state index contributed by atoms with van der Waals surface area (Å²) >= 11 is 0. The second-order valence-electron chi connectivity index (χ2n) is 8.84. The Kier molecular flexibility index (Phi) is 7.50. The van der Waals surface area contributed by atoms with Gasteiger partial charge in [0.05, 0.1) is 22.2 Å². The van der Waals surface area contributed by atoms with Crippen LogP contribution in [0.3, 0.4) is 0 Å². The summed E-state index contributed by atoms with van der Waals surface area (Å²) in [6.07, 6.45) is 3.59. The molecule has 0 bridgehead atoms. The molecule has 2 aromatic carbocycles. The Hall–Kier alpha value is -3.26. The number of pyridine rings is 1. The van der Waals surface area contributed by atoms with Crippen molar-refractivity contribution >= 4 is 22.5 Å². The van der Waals surface area contributed by atoms with Gasteiger partial charge in [0.25, 0.3) is 5.91 Å². The molecule has 35 heavy (non-hydrogen) atoms. The molecule has 1 aliphatic heterocycles. The summed E-state index contributed by atoms with van der Waals surface area (Å²) in [5.74, 6) is 0.724. The van der Waals surface area contributed by atoms with E-state index in [1.165, 1.54) is 12.3 Å². The van der Waals surface area contributed by atoms with Crippen molar-refractivity contribution in [2.45, 2.75) is 44.7 Å². The molecule has 3 aromatic rings. The Morgan fingerprint density at radius 2 is 1.97 bits per heavy atom. The molecule has 0 fully saturated rings. The van der Waals surface area contributed by atoms with Gasteiger partial charge in [-0.2, -0.15) is 0 Å². The largest absolute Gasteiger partial charge is 0.491 e. The van der Waals surface area contributed by atoms with E-state index in [1.54, 1.807) is 17.9 Å². The number of anilines is 1.